The number of anilines is 1. The van der Waals surface area contributed by atoms with Crippen molar-refractivity contribution in [3.8, 4) is 11.3 Å². The summed E-state index contributed by atoms with van der Waals surface area (Å²) in [6.07, 6.45) is 5.32. The zero-order valence-corrected chi connectivity index (χ0v) is 13.8. The zero-order chi connectivity index (χ0) is 17.1. The van der Waals surface area contributed by atoms with Crippen molar-refractivity contribution in [2.75, 3.05) is 5.32 Å². The van der Waals surface area contributed by atoms with E-state index in [9.17, 15) is 0 Å². The Morgan fingerprint density at radius 2 is 1.84 bits per heavy atom. The van der Waals surface area contributed by atoms with Crippen molar-refractivity contribution in [3.63, 3.8) is 0 Å². The molecule has 0 radical (unpaired) electrons. The molecule has 122 valence electrons. The average molecular weight is 327 g/mol. The van der Waals surface area contributed by atoms with Gasteiger partial charge < -0.3 is 5.32 Å². The molecule has 0 aliphatic rings. The third-order valence-electron chi connectivity index (χ3n) is 4.18. The lowest BCUT2D eigenvalue weighted by molar-refractivity contribution is 0.945. The first-order valence-corrected chi connectivity index (χ1v) is 8.12. The molecule has 0 spiro atoms. The van der Waals surface area contributed by atoms with E-state index in [1.54, 1.807) is 12.4 Å². The number of hydrogen-bond acceptors (Lipinski definition) is 5. The first-order chi connectivity index (χ1) is 12.3. The molecule has 4 aromatic rings. The predicted molar refractivity (Wildman–Crippen MR) is 99.1 cm³/mol. The van der Waals surface area contributed by atoms with Crippen LogP contribution in [-0.2, 0) is 6.54 Å². The smallest absolute Gasteiger partial charge is 0.243 e. The first kappa shape index (κ1) is 15.2. The number of benzene rings is 2. The van der Waals surface area contributed by atoms with Gasteiger partial charge in [-0.05, 0) is 41.0 Å². The number of nitrogens with zero attached hydrogens (tertiary/aromatic N) is 4. The van der Waals surface area contributed by atoms with Gasteiger partial charge in [0.05, 0.1) is 11.9 Å². The highest BCUT2D eigenvalue weighted by molar-refractivity contribution is 5.86. The summed E-state index contributed by atoms with van der Waals surface area (Å²) in [5, 5.41) is 13.8. The Morgan fingerprint density at radius 3 is 2.72 bits per heavy atom. The summed E-state index contributed by atoms with van der Waals surface area (Å²) in [4.78, 5) is 8.70. The van der Waals surface area contributed by atoms with Crippen LogP contribution in [0.25, 0.3) is 22.0 Å². The minimum atomic E-state index is 0.516. The number of fused-ring (bicyclic) bond motifs is 1. The SMILES string of the molecule is Cc1cnccc1CNc1nncc(-c2ccc3ccccc3c2)n1. The Hall–Kier alpha value is -3.34. The van der Waals surface area contributed by atoms with E-state index in [-0.39, 0.29) is 0 Å². The summed E-state index contributed by atoms with van der Waals surface area (Å²) in [5.74, 6) is 0.516. The molecule has 0 aliphatic heterocycles. The molecule has 0 atom stereocenters. The van der Waals surface area contributed by atoms with Crippen LogP contribution >= 0.6 is 0 Å². The summed E-state index contributed by atoms with van der Waals surface area (Å²) in [6.45, 7) is 2.67. The molecule has 5 nitrogen and oxygen atoms in total. The fourth-order valence-electron chi connectivity index (χ4n) is 2.74. The van der Waals surface area contributed by atoms with Crippen LogP contribution < -0.4 is 5.32 Å². The van der Waals surface area contributed by atoms with Crippen LogP contribution in [0, 0.1) is 6.92 Å². The molecule has 0 saturated heterocycles. The molecule has 0 unspecified atom stereocenters. The molecule has 0 saturated carbocycles. The molecule has 25 heavy (non-hydrogen) atoms. The molecule has 0 fully saturated rings. The minimum Gasteiger partial charge on any atom is -0.349 e. The standard InChI is InChI=1S/C20H17N5/c1-14-11-21-9-8-18(14)12-22-20-24-19(13-23-25-20)17-7-6-15-4-2-3-5-16(15)10-17/h2-11,13H,12H2,1H3,(H,22,24,25). The number of aromatic nitrogens is 4. The van der Waals surface area contributed by atoms with Crippen LogP contribution in [0.2, 0.25) is 0 Å². The van der Waals surface area contributed by atoms with Crippen molar-refractivity contribution in [3.05, 3.63) is 78.2 Å². The molecule has 5 heteroatoms. The van der Waals surface area contributed by atoms with Gasteiger partial charge in [-0.3, -0.25) is 4.98 Å². The highest BCUT2D eigenvalue weighted by Gasteiger charge is 2.05. The summed E-state index contributed by atoms with van der Waals surface area (Å²) in [6, 6.07) is 16.5. The normalized spacial score (nSPS) is 10.8. The van der Waals surface area contributed by atoms with Gasteiger partial charge in [-0.2, -0.15) is 5.10 Å². The lowest BCUT2D eigenvalue weighted by Crippen LogP contribution is -2.06. The Labute approximate surface area is 145 Å². The van der Waals surface area contributed by atoms with Gasteiger partial charge >= 0.3 is 0 Å². The van der Waals surface area contributed by atoms with Gasteiger partial charge in [-0.25, -0.2) is 4.98 Å². The lowest BCUT2D eigenvalue weighted by atomic mass is 10.1. The van der Waals surface area contributed by atoms with Gasteiger partial charge in [-0.1, -0.05) is 36.4 Å². The monoisotopic (exact) mass is 327 g/mol. The first-order valence-electron chi connectivity index (χ1n) is 8.12. The van der Waals surface area contributed by atoms with Crippen molar-refractivity contribution in [2.45, 2.75) is 13.5 Å². The summed E-state index contributed by atoms with van der Waals surface area (Å²) in [7, 11) is 0. The van der Waals surface area contributed by atoms with Crippen LogP contribution in [0.15, 0.2) is 67.1 Å². The van der Waals surface area contributed by atoms with Crippen molar-refractivity contribution in [2.24, 2.45) is 0 Å². The Balaban J connectivity index is 1.59. The molecule has 0 bridgehead atoms. The topological polar surface area (TPSA) is 63.6 Å². The Kier molecular flexibility index (Phi) is 4.04. The van der Waals surface area contributed by atoms with E-state index in [4.69, 9.17) is 0 Å². The maximum Gasteiger partial charge on any atom is 0.243 e. The molecule has 1 N–H and O–H groups in total. The number of pyridine rings is 1. The molecule has 2 aromatic heterocycles. The second kappa shape index (κ2) is 6.65. The van der Waals surface area contributed by atoms with Crippen molar-refractivity contribution < 1.29 is 0 Å². The minimum absolute atomic E-state index is 0.516. The zero-order valence-electron chi connectivity index (χ0n) is 13.8. The fraction of sp³-hybridized carbons (Fsp3) is 0.100. The molecule has 2 aromatic carbocycles. The molecule has 0 amide bonds. The van der Waals surface area contributed by atoms with Crippen molar-refractivity contribution in [1.82, 2.24) is 20.2 Å². The predicted octanol–water partition coefficient (Wildman–Crippen LogP) is 4.01. The third-order valence-corrected chi connectivity index (χ3v) is 4.18. The number of hydrogen-bond donors (Lipinski definition) is 1. The van der Waals surface area contributed by atoms with Gasteiger partial charge in [0.2, 0.25) is 5.95 Å². The summed E-state index contributed by atoms with van der Waals surface area (Å²) >= 11 is 0. The van der Waals surface area contributed by atoms with Gasteiger partial charge in [0, 0.05) is 24.5 Å². The highest BCUT2D eigenvalue weighted by Crippen LogP contribution is 2.23. The van der Waals surface area contributed by atoms with Gasteiger partial charge in [0.15, 0.2) is 0 Å². The molecule has 4 rings (SSSR count). The van der Waals surface area contributed by atoms with Crippen LogP contribution in [-0.4, -0.2) is 20.2 Å². The van der Waals surface area contributed by atoms with Gasteiger partial charge in [0.1, 0.15) is 0 Å². The highest BCUT2D eigenvalue weighted by atomic mass is 15.2. The van der Waals surface area contributed by atoms with Gasteiger partial charge in [0.25, 0.3) is 0 Å². The Morgan fingerprint density at radius 1 is 0.960 bits per heavy atom. The summed E-state index contributed by atoms with van der Waals surface area (Å²) in [5.41, 5.74) is 4.12. The average Bonchev–Trinajstić information content (AvgIpc) is 2.67. The van der Waals surface area contributed by atoms with E-state index < -0.39 is 0 Å². The van der Waals surface area contributed by atoms with Crippen LogP contribution in [0.1, 0.15) is 11.1 Å². The largest absolute Gasteiger partial charge is 0.349 e. The maximum atomic E-state index is 4.59. The molecular weight excluding hydrogens is 310 g/mol. The van der Waals surface area contributed by atoms with E-state index >= 15 is 0 Å². The van der Waals surface area contributed by atoms with Crippen LogP contribution in [0.5, 0.6) is 0 Å². The molecular formula is C20H17N5. The lowest BCUT2D eigenvalue weighted by Gasteiger charge is -2.08. The van der Waals surface area contributed by atoms with Crippen LogP contribution in [0.4, 0.5) is 5.95 Å². The number of rotatable bonds is 4. The Bertz CT molecular complexity index is 1030. The summed E-state index contributed by atoms with van der Waals surface area (Å²) < 4.78 is 0. The fourth-order valence-corrected chi connectivity index (χ4v) is 2.74. The second-order valence-electron chi connectivity index (χ2n) is 5.88. The second-order valence-corrected chi connectivity index (χ2v) is 5.88. The van der Waals surface area contributed by atoms with Crippen molar-refractivity contribution in [1.29, 1.82) is 0 Å². The van der Waals surface area contributed by atoms with E-state index in [0.29, 0.717) is 12.5 Å². The molecule has 2 heterocycles. The number of nitrogens with one attached hydrogen (secondary N) is 1. The van der Waals surface area contributed by atoms with Crippen LogP contribution in [0.3, 0.4) is 0 Å². The van der Waals surface area contributed by atoms with E-state index in [1.165, 1.54) is 10.8 Å². The van der Waals surface area contributed by atoms with Crippen molar-refractivity contribution >= 4 is 16.7 Å². The number of aryl methyl sites for hydroxylation is 1. The quantitative estimate of drug-likeness (QED) is 0.613. The van der Waals surface area contributed by atoms with Gasteiger partial charge in [-0.15, -0.1) is 5.10 Å². The maximum absolute atomic E-state index is 4.59. The molecule has 0 aliphatic carbocycles. The van der Waals surface area contributed by atoms with E-state index in [0.717, 1.165) is 22.4 Å². The van der Waals surface area contributed by atoms with E-state index in [1.807, 2.05) is 31.3 Å². The third kappa shape index (κ3) is 3.30. The van der Waals surface area contributed by atoms with E-state index in [2.05, 4.69) is 55.8 Å².